The van der Waals surface area contributed by atoms with Crippen molar-refractivity contribution >= 4 is 39.6 Å². The Hall–Kier alpha value is -1.87. The van der Waals surface area contributed by atoms with E-state index < -0.39 is 41.2 Å². The Labute approximate surface area is 222 Å². The van der Waals surface area contributed by atoms with Crippen molar-refractivity contribution in [2.75, 3.05) is 12.3 Å². The third kappa shape index (κ3) is 6.08. The van der Waals surface area contributed by atoms with Gasteiger partial charge in [-0.05, 0) is 36.3 Å². The predicted octanol–water partition coefficient (Wildman–Crippen LogP) is 5.04. The minimum atomic E-state index is -2.29. The molecule has 2 aromatic rings. The highest BCUT2D eigenvalue weighted by molar-refractivity contribution is 6.74. The first kappa shape index (κ1) is 29.7. The molecule has 0 unspecified atom stereocenters. The molecule has 12 heteroatoms. The van der Waals surface area contributed by atoms with Gasteiger partial charge in [-0.3, -0.25) is 9.36 Å². The summed E-state index contributed by atoms with van der Waals surface area (Å²) in [5, 5.41) is -0.0253. The van der Waals surface area contributed by atoms with Gasteiger partial charge in [0.2, 0.25) is 0 Å². The Morgan fingerprint density at radius 2 is 1.70 bits per heavy atom. The van der Waals surface area contributed by atoms with E-state index in [2.05, 4.69) is 82.7 Å². The van der Waals surface area contributed by atoms with Crippen LogP contribution in [0.5, 0.6) is 0 Å². The average Bonchev–Trinajstić information content (AvgIpc) is 3.33. The zero-order valence-corrected chi connectivity index (χ0v) is 26.3. The summed E-state index contributed by atoms with van der Waals surface area (Å²) < 4.78 is 28.0. The minimum absolute atomic E-state index is 0.0316. The number of imidazole rings is 1. The molecule has 3 rings (SSSR count). The largest absolute Gasteiger partial charge is 0.455 e. The fraction of sp³-hybridized carbons (Fsp3) is 0.760. The summed E-state index contributed by atoms with van der Waals surface area (Å²) in [6.07, 6.45) is 0.816. The number of anilines is 1. The third-order valence-electron chi connectivity index (χ3n) is 8.15. The second kappa shape index (κ2) is 10.4. The molecule has 3 heterocycles. The number of aromatic nitrogens is 4. The summed E-state index contributed by atoms with van der Waals surface area (Å²) in [5.74, 6) is -0.0531. The Balaban J connectivity index is 2.07. The monoisotopic (exact) mass is 553 g/mol. The van der Waals surface area contributed by atoms with Crippen molar-refractivity contribution in [2.45, 2.75) is 116 Å². The standard InChI is InChI=1S/C25H45N5O5Si2/c1-12-17(31)34-20-19(35-37(10,11)25(5,6)7)16(13-32-36(8,9)24(2,3)4)33-23(20)30-15-29-18-21(26)27-14-28-22(18)30/h14-16,19-20,23H,12-13H2,1-11H3,(H2,26,27,28)/t16-,19-,20+,23-/m1/s1/i34+2. The Morgan fingerprint density at radius 1 is 1.08 bits per heavy atom. The highest BCUT2D eigenvalue weighted by Crippen LogP contribution is 2.44. The Kier molecular flexibility index (Phi) is 8.31. The molecule has 0 spiro atoms. The maximum absolute atomic E-state index is 12.6. The number of nitrogens with zero attached hydrogens (tertiary/aromatic N) is 4. The smallest absolute Gasteiger partial charge is 0.306 e. The Bertz CT molecular complexity index is 1110. The van der Waals surface area contributed by atoms with Crippen LogP contribution in [0, 0.1) is 0 Å². The summed E-state index contributed by atoms with van der Waals surface area (Å²) in [4.78, 5) is 25.5. The van der Waals surface area contributed by atoms with Crippen LogP contribution >= 0.6 is 0 Å². The number of carbonyl (C=O) groups excluding carboxylic acids is 1. The molecule has 0 saturated carbocycles. The zero-order chi connectivity index (χ0) is 28.0. The van der Waals surface area contributed by atoms with E-state index in [1.807, 2.05) is 0 Å². The predicted molar refractivity (Wildman–Crippen MR) is 149 cm³/mol. The number of esters is 1. The normalized spacial score (nSPS) is 23.5. The van der Waals surface area contributed by atoms with E-state index in [0.717, 1.165) is 0 Å². The first-order valence-electron chi connectivity index (χ1n) is 13.0. The molecule has 2 aromatic heterocycles. The van der Waals surface area contributed by atoms with Crippen LogP contribution in [-0.4, -0.2) is 67.0 Å². The van der Waals surface area contributed by atoms with Gasteiger partial charge in [-0.2, -0.15) is 0 Å². The van der Waals surface area contributed by atoms with Crippen molar-refractivity contribution < 1.29 is 23.1 Å². The fourth-order valence-corrected chi connectivity index (χ4v) is 5.98. The maximum Gasteiger partial charge on any atom is 0.306 e. The number of carbonyl (C=O) groups is 1. The van der Waals surface area contributed by atoms with E-state index in [1.54, 1.807) is 17.8 Å². The van der Waals surface area contributed by atoms with Crippen molar-refractivity contribution in [1.82, 2.24) is 19.5 Å². The summed E-state index contributed by atoms with van der Waals surface area (Å²) in [7, 11) is -4.38. The van der Waals surface area contributed by atoms with E-state index in [4.69, 9.17) is 24.1 Å². The van der Waals surface area contributed by atoms with Crippen molar-refractivity contribution in [3.8, 4) is 0 Å². The van der Waals surface area contributed by atoms with Crippen LogP contribution in [0.1, 0.15) is 61.1 Å². The first-order valence-corrected chi connectivity index (χ1v) is 18.8. The highest BCUT2D eigenvalue weighted by Gasteiger charge is 2.53. The van der Waals surface area contributed by atoms with Crippen molar-refractivity contribution in [3.63, 3.8) is 0 Å². The van der Waals surface area contributed by atoms with Crippen LogP contribution in [0.3, 0.4) is 0 Å². The molecular formula is C25H45N5O5Si2. The SMILES string of the molecule is CCC(=O)[18O][C@H]1[C@H](O[Si](C)(C)C(C)(C)C)[C@@H](CO[Si](C)(C)C(C)(C)C)O[C@H]1n1cnc2c(N)ncnc21. The van der Waals surface area contributed by atoms with E-state index in [1.165, 1.54) is 6.33 Å². The van der Waals surface area contributed by atoms with E-state index in [-0.39, 0.29) is 28.3 Å². The van der Waals surface area contributed by atoms with Gasteiger partial charge in [0.1, 0.15) is 24.1 Å². The molecule has 1 aliphatic heterocycles. The molecule has 0 radical (unpaired) electrons. The van der Waals surface area contributed by atoms with Crippen LogP contribution in [0.15, 0.2) is 12.7 Å². The Morgan fingerprint density at radius 3 is 2.27 bits per heavy atom. The van der Waals surface area contributed by atoms with E-state index in [0.29, 0.717) is 17.8 Å². The van der Waals surface area contributed by atoms with Crippen LogP contribution in [0.2, 0.25) is 36.3 Å². The first-order chi connectivity index (χ1) is 16.9. The number of hydrogen-bond acceptors (Lipinski definition) is 9. The number of fused-ring (bicyclic) bond motifs is 1. The number of nitrogens with two attached hydrogens (primary N) is 1. The lowest BCUT2D eigenvalue weighted by Crippen LogP contribution is -2.51. The van der Waals surface area contributed by atoms with Crippen LogP contribution in [0.4, 0.5) is 5.82 Å². The maximum atomic E-state index is 12.6. The van der Waals surface area contributed by atoms with Gasteiger partial charge in [-0.1, -0.05) is 48.5 Å². The molecule has 0 aromatic carbocycles. The third-order valence-corrected chi connectivity index (χ3v) is 17.1. The van der Waals surface area contributed by atoms with Crippen LogP contribution in [-0.2, 0) is 23.1 Å². The molecule has 10 nitrogen and oxygen atoms in total. The van der Waals surface area contributed by atoms with E-state index >= 15 is 0 Å². The van der Waals surface area contributed by atoms with Crippen molar-refractivity contribution in [1.29, 1.82) is 0 Å². The van der Waals surface area contributed by atoms with Crippen LogP contribution < -0.4 is 5.73 Å². The number of hydrogen-bond donors (Lipinski definition) is 1. The molecular weight excluding hydrogens is 508 g/mol. The topological polar surface area (TPSA) is 124 Å². The summed E-state index contributed by atoms with van der Waals surface area (Å²) in [5.41, 5.74) is 7.01. The molecule has 208 valence electrons. The molecule has 1 saturated heterocycles. The molecule has 2 N–H and O–H groups in total. The lowest BCUT2D eigenvalue weighted by molar-refractivity contribution is -0.157. The molecule has 37 heavy (non-hydrogen) atoms. The molecule has 1 aliphatic rings. The number of rotatable bonds is 8. The zero-order valence-electron chi connectivity index (χ0n) is 24.3. The van der Waals surface area contributed by atoms with Gasteiger partial charge >= 0.3 is 5.97 Å². The van der Waals surface area contributed by atoms with Crippen molar-refractivity contribution in [3.05, 3.63) is 12.7 Å². The number of nitrogen functional groups attached to an aromatic ring is 1. The second-order valence-electron chi connectivity index (χ2n) is 12.9. The second-order valence-corrected chi connectivity index (χ2v) is 22.4. The summed E-state index contributed by atoms with van der Waals surface area (Å²) in [6, 6.07) is 0. The van der Waals surface area contributed by atoms with Gasteiger partial charge < -0.3 is 24.1 Å². The quantitative estimate of drug-likeness (QED) is 0.272. The molecule has 0 aliphatic carbocycles. The van der Waals surface area contributed by atoms with Crippen molar-refractivity contribution in [2.24, 2.45) is 0 Å². The molecule has 0 amide bonds. The van der Waals surface area contributed by atoms with Gasteiger partial charge in [0.05, 0.1) is 12.9 Å². The van der Waals surface area contributed by atoms with Gasteiger partial charge in [0.25, 0.3) is 0 Å². The summed E-state index contributed by atoms with van der Waals surface area (Å²) in [6.45, 7) is 24.1. The van der Waals surface area contributed by atoms with Gasteiger partial charge in [-0.25, -0.2) is 15.0 Å². The van der Waals surface area contributed by atoms with Gasteiger partial charge in [0, 0.05) is 6.42 Å². The fourth-order valence-electron chi connectivity index (χ4n) is 3.65. The average molecular weight is 554 g/mol. The molecule has 4 atom stereocenters. The van der Waals surface area contributed by atoms with E-state index in [9.17, 15) is 4.79 Å². The van der Waals surface area contributed by atoms with Gasteiger partial charge in [-0.15, -0.1) is 0 Å². The highest BCUT2D eigenvalue weighted by atomic mass is 28.4. The molecule has 0 bridgehead atoms. The summed E-state index contributed by atoms with van der Waals surface area (Å²) >= 11 is 0. The van der Waals surface area contributed by atoms with Gasteiger partial charge in [0.15, 0.2) is 40.4 Å². The van der Waals surface area contributed by atoms with Crippen LogP contribution in [0.25, 0.3) is 11.2 Å². The minimum Gasteiger partial charge on any atom is -0.455 e. The number of ether oxygens (including phenoxy) is 2. The molecule has 1 fully saturated rings. The lowest BCUT2D eigenvalue weighted by Gasteiger charge is -2.41. The lowest BCUT2D eigenvalue weighted by atomic mass is 10.1.